The van der Waals surface area contributed by atoms with Crippen LogP contribution in [-0.4, -0.2) is 31.7 Å². The first kappa shape index (κ1) is 12.7. The summed E-state index contributed by atoms with van der Waals surface area (Å²) in [5.74, 6) is 0. The maximum absolute atomic E-state index is 12.3. The van der Waals surface area contributed by atoms with Crippen molar-refractivity contribution >= 4 is 11.6 Å². The largest absolute Gasteiger partial charge is 0.369 e. The van der Waals surface area contributed by atoms with Crippen LogP contribution >= 0.6 is 11.6 Å². The summed E-state index contributed by atoms with van der Waals surface area (Å²) in [7, 11) is 0. The van der Waals surface area contributed by atoms with Crippen LogP contribution in [0.1, 0.15) is 5.56 Å². The van der Waals surface area contributed by atoms with E-state index in [0.29, 0.717) is 11.6 Å². The van der Waals surface area contributed by atoms with Crippen molar-refractivity contribution in [3.63, 3.8) is 0 Å². The van der Waals surface area contributed by atoms with Gasteiger partial charge in [0.25, 0.3) is 6.43 Å². The SMILES string of the molecule is FC(F)[C@H]1CNC(Cc2ccc(Cl)cc2)CO1. The Bertz CT molecular complexity index is 350. The highest BCUT2D eigenvalue weighted by Gasteiger charge is 2.27. The lowest BCUT2D eigenvalue weighted by Crippen LogP contribution is -2.49. The van der Waals surface area contributed by atoms with E-state index in [1.807, 2.05) is 24.3 Å². The minimum Gasteiger partial charge on any atom is -0.369 e. The van der Waals surface area contributed by atoms with Crippen molar-refractivity contribution < 1.29 is 13.5 Å². The zero-order chi connectivity index (χ0) is 12.3. The molecule has 1 saturated heterocycles. The van der Waals surface area contributed by atoms with Crippen molar-refractivity contribution in [3.8, 4) is 0 Å². The molecule has 1 aromatic carbocycles. The van der Waals surface area contributed by atoms with Crippen LogP contribution in [0.2, 0.25) is 5.02 Å². The fourth-order valence-electron chi connectivity index (χ4n) is 1.84. The average molecular weight is 262 g/mol. The lowest BCUT2D eigenvalue weighted by atomic mass is 10.1. The molecule has 5 heteroatoms. The second kappa shape index (κ2) is 5.76. The molecule has 0 aliphatic carbocycles. The molecule has 94 valence electrons. The van der Waals surface area contributed by atoms with Gasteiger partial charge in [0.1, 0.15) is 6.10 Å². The Morgan fingerprint density at radius 1 is 1.35 bits per heavy atom. The van der Waals surface area contributed by atoms with Crippen molar-refractivity contribution in [2.24, 2.45) is 0 Å². The molecular formula is C12H14ClF2NO. The van der Waals surface area contributed by atoms with Crippen LogP contribution in [0.15, 0.2) is 24.3 Å². The molecule has 1 aliphatic heterocycles. The predicted molar refractivity (Wildman–Crippen MR) is 62.7 cm³/mol. The number of hydrogen-bond donors (Lipinski definition) is 1. The van der Waals surface area contributed by atoms with Gasteiger partial charge in [-0.3, -0.25) is 0 Å². The van der Waals surface area contributed by atoms with Gasteiger partial charge in [-0.25, -0.2) is 8.78 Å². The van der Waals surface area contributed by atoms with Gasteiger partial charge in [0.2, 0.25) is 0 Å². The minimum atomic E-state index is -2.42. The minimum absolute atomic E-state index is 0.0891. The molecule has 0 saturated carbocycles. The van der Waals surface area contributed by atoms with Gasteiger partial charge in [-0.15, -0.1) is 0 Å². The fourth-order valence-corrected chi connectivity index (χ4v) is 1.96. The normalized spacial score (nSPS) is 25.2. The predicted octanol–water partition coefficient (Wildman–Crippen LogP) is 2.50. The molecule has 1 fully saturated rings. The fraction of sp³-hybridized carbons (Fsp3) is 0.500. The van der Waals surface area contributed by atoms with Crippen molar-refractivity contribution in [2.75, 3.05) is 13.2 Å². The molecule has 1 aliphatic rings. The number of benzene rings is 1. The second-order valence-electron chi connectivity index (χ2n) is 4.14. The Morgan fingerprint density at radius 2 is 2.06 bits per heavy atom. The monoisotopic (exact) mass is 261 g/mol. The number of hydrogen-bond acceptors (Lipinski definition) is 2. The average Bonchev–Trinajstić information content (AvgIpc) is 2.33. The van der Waals surface area contributed by atoms with Crippen molar-refractivity contribution in [3.05, 3.63) is 34.9 Å². The molecule has 0 aromatic heterocycles. The Morgan fingerprint density at radius 3 is 2.59 bits per heavy atom. The summed E-state index contributed by atoms with van der Waals surface area (Å²) >= 11 is 5.78. The zero-order valence-corrected chi connectivity index (χ0v) is 9.96. The number of morpholine rings is 1. The number of nitrogens with one attached hydrogen (secondary N) is 1. The van der Waals surface area contributed by atoms with E-state index in [2.05, 4.69) is 5.32 Å². The third-order valence-corrected chi connectivity index (χ3v) is 3.05. The molecule has 2 atom stereocenters. The third-order valence-electron chi connectivity index (χ3n) is 2.80. The van der Waals surface area contributed by atoms with E-state index in [0.717, 1.165) is 12.0 Å². The van der Waals surface area contributed by atoms with Crippen molar-refractivity contribution in [1.82, 2.24) is 5.32 Å². The first-order valence-electron chi connectivity index (χ1n) is 5.53. The van der Waals surface area contributed by atoms with Crippen LogP contribution in [0.3, 0.4) is 0 Å². The van der Waals surface area contributed by atoms with Gasteiger partial charge < -0.3 is 10.1 Å². The van der Waals surface area contributed by atoms with Crippen LogP contribution in [0.25, 0.3) is 0 Å². The van der Waals surface area contributed by atoms with E-state index < -0.39 is 12.5 Å². The molecule has 0 bridgehead atoms. The topological polar surface area (TPSA) is 21.3 Å². The van der Waals surface area contributed by atoms with Gasteiger partial charge in [0, 0.05) is 17.6 Å². The summed E-state index contributed by atoms with van der Waals surface area (Å²) in [5.41, 5.74) is 1.12. The highest BCUT2D eigenvalue weighted by molar-refractivity contribution is 6.30. The first-order valence-corrected chi connectivity index (χ1v) is 5.90. The molecule has 0 spiro atoms. The molecule has 1 N–H and O–H groups in total. The van der Waals surface area contributed by atoms with E-state index in [1.165, 1.54) is 0 Å². The molecule has 1 unspecified atom stereocenters. The molecule has 2 rings (SSSR count). The van der Waals surface area contributed by atoms with E-state index in [9.17, 15) is 8.78 Å². The van der Waals surface area contributed by atoms with Gasteiger partial charge in [-0.2, -0.15) is 0 Å². The molecule has 1 heterocycles. The summed E-state index contributed by atoms with van der Waals surface area (Å²) in [6.45, 7) is 0.521. The van der Waals surface area contributed by atoms with Gasteiger partial charge >= 0.3 is 0 Å². The van der Waals surface area contributed by atoms with E-state index in [-0.39, 0.29) is 12.6 Å². The van der Waals surface area contributed by atoms with Crippen LogP contribution in [-0.2, 0) is 11.2 Å². The third kappa shape index (κ3) is 3.63. The smallest absolute Gasteiger partial charge is 0.265 e. The summed E-state index contributed by atoms with van der Waals surface area (Å²) < 4.78 is 29.8. The zero-order valence-electron chi connectivity index (χ0n) is 9.20. The summed E-state index contributed by atoms with van der Waals surface area (Å²) in [6, 6.07) is 7.60. The summed E-state index contributed by atoms with van der Waals surface area (Å²) in [4.78, 5) is 0. The van der Waals surface area contributed by atoms with Crippen LogP contribution in [0.5, 0.6) is 0 Å². The Hall–Kier alpha value is -0.710. The lowest BCUT2D eigenvalue weighted by Gasteiger charge is -2.29. The maximum Gasteiger partial charge on any atom is 0.265 e. The molecular weight excluding hydrogens is 248 g/mol. The van der Waals surface area contributed by atoms with E-state index in [1.54, 1.807) is 0 Å². The van der Waals surface area contributed by atoms with Crippen LogP contribution < -0.4 is 5.32 Å². The maximum atomic E-state index is 12.3. The summed E-state index contributed by atoms with van der Waals surface area (Å²) in [6.07, 6.45) is -2.64. The number of rotatable bonds is 3. The highest BCUT2D eigenvalue weighted by atomic mass is 35.5. The number of halogens is 3. The van der Waals surface area contributed by atoms with Gasteiger partial charge in [0.05, 0.1) is 6.61 Å². The first-order chi connectivity index (χ1) is 8.15. The number of alkyl halides is 2. The Kier molecular flexibility index (Phi) is 4.31. The van der Waals surface area contributed by atoms with Crippen LogP contribution in [0, 0.1) is 0 Å². The molecule has 0 amide bonds. The molecule has 0 radical (unpaired) electrons. The lowest BCUT2D eigenvalue weighted by molar-refractivity contribution is -0.0814. The van der Waals surface area contributed by atoms with Crippen LogP contribution in [0.4, 0.5) is 8.78 Å². The molecule has 2 nitrogen and oxygen atoms in total. The summed E-state index contributed by atoms with van der Waals surface area (Å²) in [5, 5.41) is 3.77. The highest BCUT2D eigenvalue weighted by Crippen LogP contribution is 2.14. The van der Waals surface area contributed by atoms with Crippen molar-refractivity contribution in [2.45, 2.75) is 25.0 Å². The van der Waals surface area contributed by atoms with Gasteiger partial charge in [-0.1, -0.05) is 23.7 Å². The standard InChI is InChI=1S/C12H14ClF2NO/c13-9-3-1-8(2-4-9)5-10-7-17-11(6-16-10)12(14)15/h1-4,10-12,16H,5-7H2/t10?,11-/m1/s1. The van der Waals surface area contributed by atoms with E-state index in [4.69, 9.17) is 16.3 Å². The van der Waals surface area contributed by atoms with Gasteiger partial charge in [0.15, 0.2) is 0 Å². The Balaban J connectivity index is 1.84. The Labute approximate surface area is 104 Å². The van der Waals surface area contributed by atoms with E-state index >= 15 is 0 Å². The number of ether oxygens (including phenoxy) is 1. The molecule has 1 aromatic rings. The van der Waals surface area contributed by atoms with Gasteiger partial charge in [-0.05, 0) is 24.1 Å². The quantitative estimate of drug-likeness (QED) is 0.903. The molecule has 17 heavy (non-hydrogen) atoms. The van der Waals surface area contributed by atoms with Crippen molar-refractivity contribution in [1.29, 1.82) is 0 Å². The second-order valence-corrected chi connectivity index (χ2v) is 4.58.